The Morgan fingerprint density at radius 2 is 1.83 bits per heavy atom. The molecule has 6 nitrogen and oxygen atoms in total. The Morgan fingerprint density at radius 3 is 2.37 bits per heavy atom. The number of hydrogen-bond acceptors (Lipinski definition) is 5. The molecular formula is C23H22F6N4O2. The molecule has 0 bridgehead atoms. The maximum Gasteiger partial charge on any atom is 0.412 e. The summed E-state index contributed by atoms with van der Waals surface area (Å²) in [4.78, 5) is 21.3. The Bertz CT molecular complexity index is 1360. The second kappa shape index (κ2) is 8.13. The Hall–Kier alpha value is -3.31. The van der Waals surface area contributed by atoms with E-state index >= 15 is 0 Å². The molecule has 4 rings (SSSR count). The summed E-state index contributed by atoms with van der Waals surface area (Å²) in [5, 5.41) is 2.92. The van der Waals surface area contributed by atoms with Gasteiger partial charge in [0.15, 0.2) is 0 Å². The maximum absolute atomic E-state index is 14.9. The first-order chi connectivity index (χ1) is 16.2. The van der Waals surface area contributed by atoms with Gasteiger partial charge in [-0.25, -0.2) is 23.1 Å². The molecule has 2 aromatic heterocycles. The van der Waals surface area contributed by atoms with Gasteiger partial charge in [-0.05, 0) is 26.7 Å². The molecule has 0 spiro atoms. The van der Waals surface area contributed by atoms with Crippen LogP contribution in [0.3, 0.4) is 0 Å². The van der Waals surface area contributed by atoms with E-state index in [2.05, 4.69) is 15.3 Å². The van der Waals surface area contributed by atoms with Gasteiger partial charge in [-0.15, -0.1) is 0 Å². The van der Waals surface area contributed by atoms with Crippen molar-refractivity contribution < 1.29 is 31.1 Å². The zero-order valence-electron chi connectivity index (χ0n) is 19.2. The van der Waals surface area contributed by atoms with Crippen LogP contribution in [0.4, 0.5) is 32.2 Å². The molecule has 1 fully saturated rings. The molecule has 1 aliphatic rings. The zero-order valence-corrected chi connectivity index (χ0v) is 19.2. The largest absolute Gasteiger partial charge is 0.490 e. The number of hydrogen-bond donors (Lipinski definition) is 1. The van der Waals surface area contributed by atoms with Gasteiger partial charge in [0.05, 0.1) is 24.1 Å². The first-order valence-electron chi connectivity index (χ1n) is 10.7. The fourth-order valence-electron chi connectivity index (χ4n) is 4.17. The van der Waals surface area contributed by atoms with Crippen molar-refractivity contribution in [1.82, 2.24) is 14.5 Å². The number of rotatable bonds is 6. The SMILES string of the molecule is COc1c(=O)n(C2(C(F)(F)F)CC2)cc2c(N[C@H](C)c3cccc(C(C)(F)F)c3F)nc(C)nc12. The molecule has 1 aromatic carbocycles. The van der Waals surface area contributed by atoms with Crippen molar-refractivity contribution in [3.63, 3.8) is 0 Å². The number of anilines is 1. The Morgan fingerprint density at radius 1 is 1.17 bits per heavy atom. The highest BCUT2D eigenvalue weighted by atomic mass is 19.4. The Kier molecular flexibility index (Phi) is 5.76. The van der Waals surface area contributed by atoms with Crippen LogP contribution in [-0.2, 0) is 11.5 Å². The number of halogens is 6. The third-order valence-electron chi connectivity index (χ3n) is 6.18. The molecule has 35 heavy (non-hydrogen) atoms. The van der Waals surface area contributed by atoms with Crippen molar-refractivity contribution in [1.29, 1.82) is 0 Å². The minimum Gasteiger partial charge on any atom is -0.490 e. The second-order valence-corrected chi connectivity index (χ2v) is 8.71. The number of aryl methyl sites for hydroxylation is 1. The molecule has 0 aliphatic heterocycles. The average Bonchev–Trinajstić information content (AvgIpc) is 3.54. The molecule has 0 amide bonds. The molecule has 188 valence electrons. The summed E-state index contributed by atoms with van der Waals surface area (Å²) >= 11 is 0. The van der Waals surface area contributed by atoms with Crippen molar-refractivity contribution in [2.75, 3.05) is 12.4 Å². The predicted molar refractivity (Wildman–Crippen MR) is 116 cm³/mol. The monoisotopic (exact) mass is 500 g/mol. The minimum absolute atomic E-state index is 0.00177. The lowest BCUT2D eigenvalue weighted by atomic mass is 10.0. The molecule has 2 heterocycles. The standard InChI is InChI=1S/C23H22F6N4O2/c1-11(13-6-5-7-15(16(13)24)21(3,25)26)30-19-14-10-33(22(8-9-22)23(27,28)29)20(34)18(35-4)17(14)31-12(2)32-19/h5-7,10-11H,8-9H2,1-4H3,(H,30,31,32)/t11-/m1/s1. The van der Waals surface area contributed by atoms with E-state index in [0.717, 1.165) is 19.4 Å². The van der Waals surface area contributed by atoms with E-state index in [1.54, 1.807) is 0 Å². The van der Waals surface area contributed by atoms with Crippen LogP contribution in [0.2, 0.25) is 0 Å². The first-order valence-corrected chi connectivity index (χ1v) is 10.7. The van der Waals surface area contributed by atoms with Gasteiger partial charge < -0.3 is 10.1 Å². The van der Waals surface area contributed by atoms with Crippen LogP contribution in [-0.4, -0.2) is 27.8 Å². The van der Waals surface area contributed by atoms with Crippen LogP contribution in [0, 0.1) is 12.7 Å². The van der Waals surface area contributed by atoms with Gasteiger partial charge in [0.1, 0.15) is 28.5 Å². The summed E-state index contributed by atoms with van der Waals surface area (Å²) in [7, 11) is 1.15. The fraction of sp³-hybridized carbons (Fsp3) is 0.435. The number of ether oxygens (including phenoxy) is 1. The lowest BCUT2D eigenvalue weighted by Crippen LogP contribution is -2.41. The van der Waals surface area contributed by atoms with Gasteiger partial charge in [-0.2, -0.15) is 13.2 Å². The summed E-state index contributed by atoms with van der Waals surface area (Å²) < 4.78 is 89.7. The quantitative estimate of drug-likeness (QED) is 0.448. The number of nitrogens with zero attached hydrogens (tertiary/aromatic N) is 3. The maximum atomic E-state index is 14.9. The van der Waals surface area contributed by atoms with E-state index in [1.165, 1.54) is 26.0 Å². The number of nitrogens with one attached hydrogen (secondary N) is 1. The van der Waals surface area contributed by atoms with E-state index in [0.29, 0.717) is 11.5 Å². The predicted octanol–water partition coefficient (Wildman–Crippen LogP) is 5.58. The van der Waals surface area contributed by atoms with Crippen LogP contribution >= 0.6 is 0 Å². The van der Waals surface area contributed by atoms with Crippen molar-refractivity contribution in [3.8, 4) is 5.75 Å². The number of alkyl halides is 5. The van der Waals surface area contributed by atoms with Crippen LogP contribution in [0.15, 0.2) is 29.2 Å². The van der Waals surface area contributed by atoms with Gasteiger partial charge in [0.25, 0.3) is 11.5 Å². The normalized spacial score (nSPS) is 16.3. The lowest BCUT2D eigenvalue weighted by molar-refractivity contribution is -0.180. The fourth-order valence-corrected chi connectivity index (χ4v) is 4.17. The molecule has 0 saturated heterocycles. The van der Waals surface area contributed by atoms with Crippen LogP contribution in [0.1, 0.15) is 49.7 Å². The smallest absolute Gasteiger partial charge is 0.412 e. The van der Waals surface area contributed by atoms with Gasteiger partial charge in [0, 0.05) is 18.7 Å². The highest BCUT2D eigenvalue weighted by Gasteiger charge is 2.65. The Labute approximate surface area is 196 Å². The van der Waals surface area contributed by atoms with Gasteiger partial charge >= 0.3 is 6.18 Å². The molecule has 1 saturated carbocycles. The highest BCUT2D eigenvalue weighted by Crippen LogP contribution is 2.55. The summed E-state index contributed by atoms with van der Waals surface area (Å²) in [5.41, 5.74) is -4.27. The summed E-state index contributed by atoms with van der Waals surface area (Å²) in [6.07, 6.45) is -4.22. The number of methoxy groups -OCH3 is 1. The third kappa shape index (κ3) is 4.08. The number of pyridine rings is 1. The summed E-state index contributed by atoms with van der Waals surface area (Å²) in [6.45, 7) is 3.57. The molecule has 1 aliphatic carbocycles. The summed E-state index contributed by atoms with van der Waals surface area (Å²) in [6, 6.07) is 2.66. The van der Waals surface area contributed by atoms with Gasteiger partial charge in [0.2, 0.25) is 5.75 Å². The van der Waals surface area contributed by atoms with E-state index < -0.39 is 46.4 Å². The van der Waals surface area contributed by atoms with E-state index in [1.807, 2.05) is 0 Å². The van der Waals surface area contributed by atoms with Crippen LogP contribution in [0.25, 0.3) is 10.9 Å². The molecule has 0 radical (unpaired) electrons. The minimum atomic E-state index is -4.68. The molecule has 0 unspecified atom stereocenters. The van der Waals surface area contributed by atoms with Crippen molar-refractivity contribution in [2.45, 2.75) is 57.3 Å². The summed E-state index contributed by atoms with van der Waals surface area (Å²) in [5.74, 6) is -4.76. The molecule has 1 N–H and O–H groups in total. The third-order valence-corrected chi connectivity index (χ3v) is 6.18. The van der Waals surface area contributed by atoms with E-state index in [4.69, 9.17) is 4.74 Å². The highest BCUT2D eigenvalue weighted by molar-refractivity contribution is 5.92. The van der Waals surface area contributed by atoms with Crippen molar-refractivity contribution in [2.24, 2.45) is 0 Å². The molecule has 12 heteroatoms. The number of fused-ring (bicyclic) bond motifs is 1. The van der Waals surface area contributed by atoms with E-state index in [9.17, 15) is 31.1 Å². The average molecular weight is 500 g/mol. The zero-order chi connectivity index (χ0) is 25.9. The van der Waals surface area contributed by atoms with Gasteiger partial charge in [-0.3, -0.25) is 9.36 Å². The number of aromatic nitrogens is 3. The topological polar surface area (TPSA) is 69.0 Å². The van der Waals surface area contributed by atoms with Crippen molar-refractivity contribution in [3.05, 3.63) is 57.5 Å². The lowest BCUT2D eigenvalue weighted by Gasteiger charge is -2.24. The molecule has 1 atom stereocenters. The Balaban J connectivity index is 1.88. The first kappa shape index (κ1) is 24.8. The second-order valence-electron chi connectivity index (χ2n) is 8.71. The van der Waals surface area contributed by atoms with Crippen molar-refractivity contribution >= 4 is 16.7 Å². The molecular weight excluding hydrogens is 478 g/mol. The van der Waals surface area contributed by atoms with Gasteiger partial charge in [-0.1, -0.05) is 18.2 Å². The van der Waals surface area contributed by atoms with Crippen LogP contribution < -0.4 is 15.6 Å². The molecule has 3 aromatic rings. The van der Waals surface area contributed by atoms with Crippen LogP contribution in [0.5, 0.6) is 5.75 Å². The van der Waals surface area contributed by atoms with E-state index in [-0.39, 0.29) is 41.0 Å². The number of benzene rings is 1.